The SMILES string of the molecule is COC(=O)c1ccc(CNCc2ccoc2)nc1. The molecule has 94 valence electrons. The van der Waals surface area contributed by atoms with E-state index in [-0.39, 0.29) is 5.97 Å². The van der Waals surface area contributed by atoms with Gasteiger partial charge in [0.1, 0.15) is 0 Å². The van der Waals surface area contributed by atoms with Gasteiger partial charge in [0.2, 0.25) is 0 Å². The quantitative estimate of drug-likeness (QED) is 0.814. The van der Waals surface area contributed by atoms with E-state index in [1.54, 1.807) is 24.7 Å². The van der Waals surface area contributed by atoms with Crippen LogP contribution in [0.1, 0.15) is 21.6 Å². The van der Waals surface area contributed by atoms with Crippen molar-refractivity contribution in [1.29, 1.82) is 0 Å². The zero-order chi connectivity index (χ0) is 12.8. The van der Waals surface area contributed by atoms with Crippen LogP contribution in [0.25, 0.3) is 0 Å². The van der Waals surface area contributed by atoms with Crippen molar-refractivity contribution in [2.24, 2.45) is 0 Å². The number of ether oxygens (including phenoxy) is 1. The average molecular weight is 246 g/mol. The van der Waals surface area contributed by atoms with Gasteiger partial charge in [0, 0.05) is 24.8 Å². The van der Waals surface area contributed by atoms with Gasteiger partial charge in [-0.2, -0.15) is 0 Å². The Balaban J connectivity index is 1.85. The lowest BCUT2D eigenvalue weighted by Crippen LogP contribution is -2.13. The smallest absolute Gasteiger partial charge is 0.339 e. The number of nitrogens with one attached hydrogen (secondary N) is 1. The minimum absolute atomic E-state index is 0.375. The molecular formula is C13H14N2O3. The van der Waals surface area contributed by atoms with Gasteiger partial charge in [0.25, 0.3) is 0 Å². The number of pyridine rings is 1. The van der Waals surface area contributed by atoms with Crippen molar-refractivity contribution in [3.05, 3.63) is 53.7 Å². The molecule has 0 saturated carbocycles. The van der Waals surface area contributed by atoms with Gasteiger partial charge in [0.05, 0.1) is 30.9 Å². The monoisotopic (exact) mass is 246 g/mol. The normalized spacial score (nSPS) is 10.3. The second-order valence-corrected chi connectivity index (χ2v) is 3.76. The van der Waals surface area contributed by atoms with Crippen molar-refractivity contribution in [3.8, 4) is 0 Å². The summed E-state index contributed by atoms with van der Waals surface area (Å²) in [6.45, 7) is 1.35. The number of esters is 1. The molecule has 0 saturated heterocycles. The first kappa shape index (κ1) is 12.3. The molecule has 0 spiro atoms. The van der Waals surface area contributed by atoms with E-state index in [4.69, 9.17) is 4.42 Å². The molecule has 0 unspecified atom stereocenters. The molecule has 2 aromatic rings. The molecule has 0 aliphatic heterocycles. The molecule has 0 aliphatic rings. The summed E-state index contributed by atoms with van der Waals surface area (Å²) in [6.07, 6.45) is 4.85. The lowest BCUT2D eigenvalue weighted by atomic mass is 10.2. The highest BCUT2D eigenvalue weighted by atomic mass is 16.5. The van der Waals surface area contributed by atoms with Crippen LogP contribution in [-0.2, 0) is 17.8 Å². The van der Waals surface area contributed by atoms with E-state index in [1.807, 2.05) is 6.07 Å². The molecular weight excluding hydrogens is 232 g/mol. The summed E-state index contributed by atoms with van der Waals surface area (Å²) in [4.78, 5) is 15.4. The number of hydrogen-bond acceptors (Lipinski definition) is 5. The van der Waals surface area contributed by atoms with Crippen molar-refractivity contribution in [1.82, 2.24) is 10.3 Å². The summed E-state index contributed by atoms with van der Waals surface area (Å²) < 4.78 is 9.57. The summed E-state index contributed by atoms with van der Waals surface area (Å²) in [5.41, 5.74) is 2.41. The number of rotatable bonds is 5. The van der Waals surface area contributed by atoms with E-state index in [0.29, 0.717) is 12.1 Å². The van der Waals surface area contributed by atoms with E-state index in [2.05, 4.69) is 15.0 Å². The number of nitrogens with zero attached hydrogens (tertiary/aromatic N) is 1. The Kier molecular flexibility index (Phi) is 4.09. The summed E-state index contributed by atoms with van der Waals surface area (Å²) in [5.74, 6) is -0.375. The first-order valence-electron chi connectivity index (χ1n) is 5.54. The first-order valence-corrected chi connectivity index (χ1v) is 5.54. The number of carbonyl (C=O) groups excluding carboxylic acids is 1. The summed E-state index contributed by atoms with van der Waals surface area (Å²) in [5, 5.41) is 3.23. The van der Waals surface area contributed by atoms with Crippen LogP contribution in [0.15, 0.2) is 41.3 Å². The van der Waals surface area contributed by atoms with Crippen LogP contribution in [0, 0.1) is 0 Å². The Morgan fingerprint density at radius 3 is 2.89 bits per heavy atom. The summed E-state index contributed by atoms with van der Waals surface area (Å²) in [6, 6.07) is 5.41. The Bertz CT molecular complexity index is 491. The number of carbonyl (C=O) groups is 1. The van der Waals surface area contributed by atoms with Gasteiger partial charge in [-0.3, -0.25) is 4.98 Å². The third kappa shape index (κ3) is 3.18. The largest absolute Gasteiger partial charge is 0.472 e. The number of hydrogen-bond donors (Lipinski definition) is 1. The second kappa shape index (κ2) is 5.97. The molecule has 0 radical (unpaired) electrons. The van der Waals surface area contributed by atoms with Gasteiger partial charge in [0.15, 0.2) is 0 Å². The minimum Gasteiger partial charge on any atom is -0.472 e. The third-order valence-corrected chi connectivity index (χ3v) is 2.46. The van der Waals surface area contributed by atoms with Crippen LogP contribution in [0.4, 0.5) is 0 Å². The minimum atomic E-state index is -0.375. The number of aromatic nitrogens is 1. The summed E-state index contributed by atoms with van der Waals surface area (Å²) in [7, 11) is 1.35. The van der Waals surface area contributed by atoms with Crippen LogP contribution < -0.4 is 5.32 Å². The van der Waals surface area contributed by atoms with Gasteiger partial charge in [-0.05, 0) is 18.2 Å². The van der Waals surface area contributed by atoms with Crippen LogP contribution in [-0.4, -0.2) is 18.1 Å². The van der Waals surface area contributed by atoms with Crippen LogP contribution in [0.5, 0.6) is 0 Å². The molecule has 2 heterocycles. The number of furan rings is 1. The van der Waals surface area contributed by atoms with Crippen molar-refractivity contribution >= 4 is 5.97 Å². The maximum Gasteiger partial charge on any atom is 0.339 e. The van der Waals surface area contributed by atoms with Crippen LogP contribution in [0.3, 0.4) is 0 Å². The molecule has 0 aliphatic carbocycles. The molecule has 5 heteroatoms. The zero-order valence-electron chi connectivity index (χ0n) is 10.1. The molecule has 5 nitrogen and oxygen atoms in total. The molecule has 18 heavy (non-hydrogen) atoms. The molecule has 0 amide bonds. The van der Waals surface area contributed by atoms with Gasteiger partial charge < -0.3 is 14.5 Å². The van der Waals surface area contributed by atoms with Crippen molar-refractivity contribution in [3.63, 3.8) is 0 Å². The molecule has 2 aromatic heterocycles. The van der Waals surface area contributed by atoms with Gasteiger partial charge in [-0.15, -0.1) is 0 Å². The zero-order valence-corrected chi connectivity index (χ0v) is 10.1. The number of methoxy groups -OCH3 is 1. The highest BCUT2D eigenvalue weighted by Gasteiger charge is 2.05. The van der Waals surface area contributed by atoms with Crippen LogP contribution in [0.2, 0.25) is 0 Å². The lowest BCUT2D eigenvalue weighted by Gasteiger charge is -2.03. The van der Waals surface area contributed by atoms with Crippen LogP contribution >= 0.6 is 0 Å². The van der Waals surface area contributed by atoms with E-state index >= 15 is 0 Å². The van der Waals surface area contributed by atoms with E-state index in [1.165, 1.54) is 13.3 Å². The fourth-order valence-electron chi connectivity index (χ4n) is 1.50. The maximum absolute atomic E-state index is 11.2. The maximum atomic E-state index is 11.2. The second-order valence-electron chi connectivity index (χ2n) is 3.76. The molecule has 0 aromatic carbocycles. The fourth-order valence-corrected chi connectivity index (χ4v) is 1.50. The Labute approximate surface area is 105 Å². The van der Waals surface area contributed by atoms with E-state index < -0.39 is 0 Å². The highest BCUT2D eigenvalue weighted by molar-refractivity contribution is 5.88. The predicted molar refractivity (Wildman–Crippen MR) is 64.8 cm³/mol. The summed E-state index contributed by atoms with van der Waals surface area (Å²) >= 11 is 0. The molecule has 0 atom stereocenters. The molecule has 0 bridgehead atoms. The Hall–Kier alpha value is -2.14. The predicted octanol–water partition coefficient (Wildman–Crippen LogP) is 1.75. The van der Waals surface area contributed by atoms with Gasteiger partial charge >= 0.3 is 5.97 Å². The van der Waals surface area contributed by atoms with Crippen molar-refractivity contribution in [2.75, 3.05) is 7.11 Å². The first-order chi connectivity index (χ1) is 8.79. The van der Waals surface area contributed by atoms with Crippen molar-refractivity contribution in [2.45, 2.75) is 13.1 Å². The highest BCUT2D eigenvalue weighted by Crippen LogP contribution is 2.03. The average Bonchev–Trinajstić information content (AvgIpc) is 2.92. The molecule has 1 N–H and O–H groups in total. The Morgan fingerprint density at radius 1 is 1.39 bits per heavy atom. The van der Waals surface area contributed by atoms with E-state index in [0.717, 1.165) is 17.8 Å². The van der Waals surface area contributed by atoms with Gasteiger partial charge in [-0.25, -0.2) is 4.79 Å². The van der Waals surface area contributed by atoms with Crippen molar-refractivity contribution < 1.29 is 13.9 Å². The molecule has 0 fully saturated rings. The lowest BCUT2D eigenvalue weighted by molar-refractivity contribution is 0.0600. The van der Waals surface area contributed by atoms with Gasteiger partial charge in [-0.1, -0.05) is 0 Å². The topological polar surface area (TPSA) is 64.4 Å². The fraction of sp³-hybridized carbons (Fsp3) is 0.231. The Morgan fingerprint density at radius 2 is 2.28 bits per heavy atom. The van der Waals surface area contributed by atoms with E-state index in [9.17, 15) is 4.79 Å². The third-order valence-electron chi connectivity index (χ3n) is 2.46. The molecule has 2 rings (SSSR count). The standard InChI is InChI=1S/C13H14N2O3/c1-17-13(16)11-2-3-12(15-7-11)8-14-6-10-4-5-18-9-10/h2-5,7,9,14H,6,8H2,1H3.